The molecule has 12 heteroatoms. The van der Waals surface area contributed by atoms with E-state index in [2.05, 4.69) is 15.3 Å². The first-order chi connectivity index (χ1) is 14.6. The van der Waals surface area contributed by atoms with Crippen molar-refractivity contribution >= 4 is 55.5 Å². The summed E-state index contributed by atoms with van der Waals surface area (Å²) < 4.78 is 46.5. The van der Waals surface area contributed by atoms with Crippen LogP contribution in [0.2, 0.25) is 0 Å². The molecule has 0 atom stereocenters. The predicted octanol–water partition coefficient (Wildman–Crippen LogP) is 2.35. The van der Waals surface area contributed by atoms with Gasteiger partial charge in [-0.2, -0.15) is 0 Å². The van der Waals surface area contributed by atoms with Crippen molar-refractivity contribution in [3.63, 3.8) is 0 Å². The summed E-state index contributed by atoms with van der Waals surface area (Å²) >= 11 is 0. The number of hydrogen-bond donors (Lipinski definition) is 3. The number of aliphatic imine (C=N–C) groups is 2. The van der Waals surface area contributed by atoms with E-state index in [1.807, 2.05) is 24.3 Å². The number of rotatable bonds is 4. The summed E-state index contributed by atoms with van der Waals surface area (Å²) in [4.78, 5) is 8.92. The lowest BCUT2D eigenvalue weighted by Crippen LogP contribution is -2.14. The Labute approximate surface area is 191 Å². The summed E-state index contributed by atoms with van der Waals surface area (Å²) in [6.45, 7) is 0. The molecule has 1 aliphatic rings. The van der Waals surface area contributed by atoms with Gasteiger partial charge in [0.15, 0.2) is 5.84 Å². The molecule has 1 aliphatic heterocycles. The number of benzene rings is 3. The van der Waals surface area contributed by atoms with Crippen LogP contribution in [0.4, 0.5) is 11.4 Å². The molecule has 0 unspecified atom stereocenters. The molecule has 0 radical (unpaired) electrons. The van der Waals surface area contributed by atoms with E-state index >= 15 is 0 Å². The standard InChI is InChI=1S/C20H17N5O4S2.ClH/c21-30(26,27)15-7-3-5-13(11-15)23-19-17-9-1-2-10-18(17)20(25-19)24-14-6-4-8-16(12-14)31(22,28)29;/h1-12H,(H2,21,26,27)(H2,22,28,29)(H,23,24,25);1H. The smallest absolute Gasteiger partial charge is 0.238 e. The molecule has 0 aromatic heterocycles. The monoisotopic (exact) mass is 491 g/mol. The highest BCUT2D eigenvalue weighted by Crippen LogP contribution is 2.25. The molecular weight excluding hydrogens is 474 g/mol. The highest BCUT2D eigenvalue weighted by Gasteiger charge is 2.22. The van der Waals surface area contributed by atoms with Gasteiger partial charge < -0.3 is 5.32 Å². The first-order valence-electron chi connectivity index (χ1n) is 8.91. The highest BCUT2D eigenvalue weighted by atomic mass is 35.5. The fraction of sp³-hybridized carbons (Fsp3) is 0. The minimum atomic E-state index is -3.86. The van der Waals surface area contributed by atoms with Crippen molar-refractivity contribution in [3.8, 4) is 0 Å². The summed E-state index contributed by atoms with van der Waals surface area (Å²) in [6, 6.07) is 19.3. The van der Waals surface area contributed by atoms with Gasteiger partial charge in [-0.15, -0.1) is 12.4 Å². The molecule has 4 rings (SSSR count). The molecule has 0 saturated heterocycles. The van der Waals surface area contributed by atoms with Gasteiger partial charge in [-0.05, 0) is 36.4 Å². The summed E-state index contributed by atoms with van der Waals surface area (Å²) in [7, 11) is -7.71. The van der Waals surface area contributed by atoms with Gasteiger partial charge in [0, 0.05) is 16.8 Å². The van der Waals surface area contributed by atoms with E-state index in [1.165, 1.54) is 24.3 Å². The van der Waals surface area contributed by atoms with E-state index in [4.69, 9.17) is 10.3 Å². The highest BCUT2D eigenvalue weighted by molar-refractivity contribution is 7.89. The molecule has 0 aliphatic carbocycles. The number of hydrogen-bond acceptors (Lipinski definition) is 6. The Bertz CT molecular complexity index is 1470. The molecule has 0 spiro atoms. The Kier molecular flexibility index (Phi) is 6.49. The van der Waals surface area contributed by atoms with Gasteiger partial charge in [0.05, 0.1) is 15.5 Å². The van der Waals surface area contributed by atoms with E-state index in [-0.39, 0.29) is 22.2 Å². The Hall–Kier alpha value is -3.09. The number of fused-ring (bicyclic) bond motifs is 1. The molecule has 32 heavy (non-hydrogen) atoms. The minimum absolute atomic E-state index is 0. The van der Waals surface area contributed by atoms with Crippen LogP contribution in [0.5, 0.6) is 0 Å². The lowest BCUT2D eigenvalue weighted by molar-refractivity contribution is 0.596. The van der Waals surface area contributed by atoms with E-state index in [9.17, 15) is 16.8 Å². The molecule has 1 heterocycles. The SMILES string of the molecule is Cl.NS(=O)(=O)c1cccc(N=C2N=C(Nc3cccc(S(N)(=O)=O)c3)c3ccccc32)c1. The van der Waals surface area contributed by atoms with Gasteiger partial charge >= 0.3 is 0 Å². The topological polar surface area (TPSA) is 157 Å². The third-order valence-corrected chi connectivity index (χ3v) is 6.27. The van der Waals surface area contributed by atoms with Crippen molar-refractivity contribution in [1.82, 2.24) is 0 Å². The third kappa shape index (κ3) is 5.03. The van der Waals surface area contributed by atoms with Gasteiger partial charge in [0.1, 0.15) is 5.84 Å². The lowest BCUT2D eigenvalue weighted by Gasteiger charge is -2.08. The van der Waals surface area contributed by atoms with E-state index in [0.29, 0.717) is 23.0 Å². The zero-order chi connectivity index (χ0) is 22.2. The Morgan fingerprint density at radius 2 is 1.34 bits per heavy atom. The molecule has 5 N–H and O–H groups in total. The van der Waals surface area contributed by atoms with Crippen molar-refractivity contribution in [2.24, 2.45) is 20.3 Å². The van der Waals surface area contributed by atoms with Crippen LogP contribution < -0.4 is 15.6 Å². The minimum Gasteiger partial charge on any atom is -0.340 e. The van der Waals surface area contributed by atoms with Crippen LogP contribution in [0.3, 0.4) is 0 Å². The number of nitrogens with zero attached hydrogens (tertiary/aromatic N) is 2. The molecule has 0 fully saturated rings. The second kappa shape index (κ2) is 8.81. The van der Waals surface area contributed by atoms with Crippen LogP contribution in [-0.4, -0.2) is 28.5 Å². The maximum atomic E-state index is 11.6. The van der Waals surface area contributed by atoms with E-state index in [0.717, 1.165) is 11.1 Å². The average molecular weight is 492 g/mol. The van der Waals surface area contributed by atoms with Crippen LogP contribution in [0, 0.1) is 0 Å². The average Bonchev–Trinajstić information content (AvgIpc) is 3.05. The van der Waals surface area contributed by atoms with Gasteiger partial charge in [0.25, 0.3) is 0 Å². The van der Waals surface area contributed by atoms with Crippen LogP contribution in [-0.2, 0) is 20.0 Å². The van der Waals surface area contributed by atoms with Crippen LogP contribution in [0.15, 0.2) is 92.6 Å². The number of nitrogens with two attached hydrogens (primary N) is 2. The molecule has 3 aromatic carbocycles. The second-order valence-electron chi connectivity index (χ2n) is 6.68. The molecule has 0 amide bonds. The van der Waals surface area contributed by atoms with Crippen LogP contribution in [0.1, 0.15) is 11.1 Å². The fourth-order valence-corrected chi connectivity index (χ4v) is 4.14. The largest absolute Gasteiger partial charge is 0.340 e. The van der Waals surface area contributed by atoms with Crippen LogP contribution in [0.25, 0.3) is 0 Å². The first-order valence-corrected chi connectivity index (χ1v) is 12.0. The molecule has 0 saturated carbocycles. The number of halogens is 1. The van der Waals surface area contributed by atoms with Crippen molar-refractivity contribution in [1.29, 1.82) is 0 Å². The van der Waals surface area contributed by atoms with E-state index in [1.54, 1.807) is 24.3 Å². The predicted molar refractivity (Wildman–Crippen MR) is 126 cm³/mol. The van der Waals surface area contributed by atoms with Crippen molar-refractivity contribution in [2.75, 3.05) is 5.32 Å². The van der Waals surface area contributed by atoms with Gasteiger partial charge in [-0.25, -0.2) is 37.1 Å². The maximum absolute atomic E-state index is 11.6. The van der Waals surface area contributed by atoms with Crippen LogP contribution >= 0.6 is 12.4 Å². The number of sulfonamides is 2. The zero-order valence-electron chi connectivity index (χ0n) is 16.3. The number of primary sulfonamides is 2. The summed E-state index contributed by atoms with van der Waals surface area (Å²) in [5, 5.41) is 13.5. The Morgan fingerprint density at radius 1 is 0.750 bits per heavy atom. The van der Waals surface area contributed by atoms with Gasteiger partial charge in [0.2, 0.25) is 20.0 Å². The number of nitrogens with one attached hydrogen (secondary N) is 1. The van der Waals surface area contributed by atoms with E-state index < -0.39 is 20.0 Å². The maximum Gasteiger partial charge on any atom is 0.238 e. The van der Waals surface area contributed by atoms with Gasteiger partial charge in [-0.3, -0.25) is 0 Å². The molecule has 3 aromatic rings. The normalized spacial score (nSPS) is 14.4. The third-order valence-electron chi connectivity index (χ3n) is 4.45. The molecule has 0 bridgehead atoms. The summed E-state index contributed by atoms with van der Waals surface area (Å²) in [5.41, 5.74) is 2.34. The fourth-order valence-electron chi connectivity index (χ4n) is 3.03. The Morgan fingerprint density at radius 3 is 2.00 bits per heavy atom. The lowest BCUT2D eigenvalue weighted by atomic mass is 10.1. The molecule has 166 valence electrons. The van der Waals surface area contributed by atoms with Gasteiger partial charge in [-0.1, -0.05) is 36.4 Å². The Balaban J connectivity index is 0.00000289. The van der Waals surface area contributed by atoms with Crippen molar-refractivity contribution in [2.45, 2.75) is 9.79 Å². The summed E-state index contributed by atoms with van der Waals surface area (Å²) in [5.74, 6) is 0.829. The summed E-state index contributed by atoms with van der Waals surface area (Å²) in [6.07, 6.45) is 0. The molecule has 9 nitrogen and oxygen atoms in total. The first kappa shape index (κ1) is 23.6. The molecular formula is C20H18ClN5O4S2. The van der Waals surface area contributed by atoms with Crippen molar-refractivity contribution in [3.05, 3.63) is 83.9 Å². The number of anilines is 1. The number of amidine groups is 2. The second-order valence-corrected chi connectivity index (χ2v) is 9.80. The zero-order valence-corrected chi connectivity index (χ0v) is 18.8. The quantitative estimate of drug-likeness (QED) is 0.510. The van der Waals surface area contributed by atoms with Crippen molar-refractivity contribution < 1.29 is 16.8 Å².